The van der Waals surface area contributed by atoms with Gasteiger partial charge in [-0.2, -0.15) is 0 Å². The van der Waals surface area contributed by atoms with Gasteiger partial charge in [-0.3, -0.25) is 13.9 Å². The fraction of sp³-hybridized carbons (Fsp3) is 0.286. The molecule has 10 heteroatoms. The second-order valence-electron chi connectivity index (χ2n) is 9.25. The number of carbonyl (C=O) groups excluding carboxylic acids is 2. The van der Waals surface area contributed by atoms with Gasteiger partial charge in [0.15, 0.2) is 0 Å². The summed E-state index contributed by atoms with van der Waals surface area (Å²) in [6, 6.07) is 18.5. The molecule has 0 aromatic heterocycles. The summed E-state index contributed by atoms with van der Waals surface area (Å²) >= 11 is 12.3. The van der Waals surface area contributed by atoms with Crippen LogP contribution in [-0.2, 0) is 26.2 Å². The molecule has 3 aromatic rings. The van der Waals surface area contributed by atoms with Crippen molar-refractivity contribution in [1.82, 2.24) is 10.2 Å². The molecule has 1 unspecified atom stereocenters. The summed E-state index contributed by atoms with van der Waals surface area (Å²) < 4.78 is 28.6. The van der Waals surface area contributed by atoms with Gasteiger partial charge < -0.3 is 10.2 Å². The molecule has 0 aliphatic rings. The Kier molecular flexibility index (Phi) is 9.82. The number of carbonyl (C=O) groups is 2. The largest absolute Gasteiger partial charge is 0.352 e. The van der Waals surface area contributed by atoms with Crippen LogP contribution in [-0.4, -0.2) is 43.8 Å². The van der Waals surface area contributed by atoms with E-state index in [1.165, 1.54) is 29.2 Å². The quantitative estimate of drug-likeness (QED) is 0.348. The molecule has 202 valence electrons. The molecule has 0 aliphatic heterocycles. The minimum Gasteiger partial charge on any atom is -0.352 e. The Bertz CT molecular complexity index is 1380. The molecule has 7 nitrogen and oxygen atoms in total. The van der Waals surface area contributed by atoms with Crippen molar-refractivity contribution in [3.63, 3.8) is 0 Å². The number of anilines is 1. The lowest BCUT2D eigenvalue weighted by molar-refractivity contribution is -0.139. The molecular weight excluding hydrogens is 545 g/mol. The summed E-state index contributed by atoms with van der Waals surface area (Å²) in [7, 11) is -4.16. The van der Waals surface area contributed by atoms with E-state index in [4.69, 9.17) is 23.2 Å². The highest BCUT2D eigenvalue weighted by atomic mass is 35.5. The van der Waals surface area contributed by atoms with Crippen LogP contribution in [0.3, 0.4) is 0 Å². The van der Waals surface area contributed by atoms with Crippen molar-refractivity contribution < 1.29 is 18.0 Å². The molecule has 0 aliphatic carbocycles. The fourth-order valence-electron chi connectivity index (χ4n) is 3.77. The van der Waals surface area contributed by atoms with Gasteiger partial charge in [0.05, 0.1) is 10.6 Å². The van der Waals surface area contributed by atoms with Crippen LogP contribution < -0.4 is 9.62 Å². The molecular formula is C28H31Cl2N3O4S. The maximum atomic E-state index is 13.8. The molecule has 3 rings (SSSR count). The number of hydrogen-bond donors (Lipinski definition) is 1. The minimum absolute atomic E-state index is 0.0153. The van der Waals surface area contributed by atoms with E-state index in [9.17, 15) is 18.0 Å². The minimum atomic E-state index is -4.16. The standard InChI is InChI=1S/C28H31Cl2N3O4S/c1-19(2)31-28(35)21(4)32(17-22-7-5-6-8-26(22)30)27(34)18-33(24-13-9-20(3)10-14-24)38(36,37)25-15-11-23(29)12-16-25/h5-16,19,21H,17-18H2,1-4H3,(H,31,35). The summed E-state index contributed by atoms with van der Waals surface area (Å²) in [5.74, 6) is -0.919. The summed E-state index contributed by atoms with van der Waals surface area (Å²) in [4.78, 5) is 28.1. The van der Waals surface area contributed by atoms with E-state index in [2.05, 4.69) is 5.32 Å². The number of hydrogen-bond acceptors (Lipinski definition) is 4. The predicted molar refractivity (Wildman–Crippen MR) is 152 cm³/mol. The monoisotopic (exact) mass is 575 g/mol. The van der Waals surface area contributed by atoms with E-state index in [1.807, 2.05) is 20.8 Å². The van der Waals surface area contributed by atoms with Gasteiger partial charge in [0, 0.05) is 22.6 Å². The molecule has 0 spiro atoms. The number of nitrogens with one attached hydrogen (secondary N) is 1. The molecule has 0 bridgehead atoms. The van der Waals surface area contributed by atoms with Crippen molar-refractivity contribution in [2.45, 2.75) is 51.2 Å². The van der Waals surface area contributed by atoms with Gasteiger partial charge in [0.2, 0.25) is 11.8 Å². The van der Waals surface area contributed by atoms with Gasteiger partial charge in [-0.05, 0) is 75.7 Å². The zero-order chi connectivity index (χ0) is 28.0. The van der Waals surface area contributed by atoms with Gasteiger partial charge >= 0.3 is 0 Å². The average Bonchev–Trinajstić information content (AvgIpc) is 2.86. The average molecular weight is 577 g/mol. The van der Waals surface area contributed by atoms with E-state index in [0.717, 1.165) is 9.87 Å². The highest BCUT2D eigenvalue weighted by Crippen LogP contribution is 2.26. The Morgan fingerprint density at radius 2 is 1.50 bits per heavy atom. The molecule has 1 N–H and O–H groups in total. The van der Waals surface area contributed by atoms with Gasteiger partial charge in [-0.15, -0.1) is 0 Å². The highest BCUT2D eigenvalue weighted by Gasteiger charge is 2.33. The van der Waals surface area contributed by atoms with E-state index >= 15 is 0 Å². The fourth-order valence-corrected chi connectivity index (χ4v) is 5.51. The molecule has 0 heterocycles. The normalized spacial score (nSPS) is 12.2. The van der Waals surface area contributed by atoms with E-state index in [1.54, 1.807) is 55.5 Å². The first-order valence-corrected chi connectivity index (χ1v) is 14.3. The number of halogens is 2. The molecule has 0 fully saturated rings. The smallest absolute Gasteiger partial charge is 0.264 e. The first kappa shape index (κ1) is 29.5. The molecule has 0 radical (unpaired) electrons. The van der Waals surface area contributed by atoms with Crippen molar-refractivity contribution in [3.05, 3.63) is 94.0 Å². The number of amides is 2. The molecule has 3 aromatic carbocycles. The lowest BCUT2D eigenvalue weighted by Gasteiger charge is -2.32. The lowest BCUT2D eigenvalue weighted by atomic mass is 10.1. The number of aryl methyl sites for hydroxylation is 1. The molecule has 0 saturated heterocycles. The van der Waals surface area contributed by atoms with Gasteiger partial charge in [-0.25, -0.2) is 8.42 Å². The van der Waals surface area contributed by atoms with Crippen LogP contribution >= 0.6 is 23.2 Å². The van der Waals surface area contributed by atoms with Crippen LogP contribution in [0.2, 0.25) is 10.0 Å². The molecule has 38 heavy (non-hydrogen) atoms. The number of nitrogens with zero attached hydrogens (tertiary/aromatic N) is 2. The van der Waals surface area contributed by atoms with Crippen molar-refractivity contribution in [1.29, 1.82) is 0 Å². The topological polar surface area (TPSA) is 86.8 Å². The Hall–Kier alpha value is -3.07. The first-order valence-electron chi connectivity index (χ1n) is 12.1. The summed E-state index contributed by atoms with van der Waals surface area (Å²) in [6.07, 6.45) is 0. The Morgan fingerprint density at radius 3 is 2.08 bits per heavy atom. The SMILES string of the molecule is Cc1ccc(N(CC(=O)N(Cc2ccccc2Cl)C(C)C(=O)NC(C)C)S(=O)(=O)c2ccc(Cl)cc2)cc1. The Labute approximate surface area is 234 Å². The van der Waals surface area contributed by atoms with Crippen LogP contribution in [0.1, 0.15) is 31.9 Å². The zero-order valence-corrected chi connectivity index (χ0v) is 24.0. The van der Waals surface area contributed by atoms with E-state index in [-0.39, 0.29) is 23.4 Å². The predicted octanol–water partition coefficient (Wildman–Crippen LogP) is 5.44. The number of rotatable bonds is 10. The zero-order valence-electron chi connectivity index (χ0n) is 21.7. The van der Waals surface area contributed by atoms with Crippen LogP contribution in [0, 0.1) is 6.92 Å². The van der Waals surface area contributed by atoms with Crippen LogP contribution in [0.4, 0.5) is 5.69 Å². The molecule has 2 amide bonds. The van der Waals surface area contributed by atoms with Crippen molar-refractivity contribution >= 4 is 50.7 Å². The van der Waals surface area contributed by atoms with E-state index < -0.39 is 28.5 Å². The maximum absolute atomic E-state index is 13.8. The maximum Gasteiger partial charge on any atom is 0.264 e. The van der Waals surface area contributed by atoms with Crippen molar-refractivity contribution in [2.75, 3.05) is 10.8 Å². The third-order valence-electron chi connectivity index (χ3n) is 5.90. The van der Waals surface area contributed by atoms with Gasteiger partial charge in [-0.1, -0.05) is 59.1 Å². The summed E-state index contributed by atoms with van der Waals surface area (Å²) in [5.41, 5.74) is 1.88. The van der Waals surface area contributed by atoms with Crippen molar-refractivity contribution in [3.8, 4) is 0 Å². The van der Waals surface area contributed by atoms with Crippen molar-refractivity contribution in [2.24, 2.45) is 0 Å². The number of benzene rings is 3. The summed E-state index contributed by atoms with van der Waals surface area (Å²) in [5, 5.41) is 3.64. The third-order valence-corrected chi connectivity index (χ3v) is 8.31. The van der Waals surface area contributed by atoms with Crippen LogP contribution in [0.5, 0.6) is 0 Å². The first-order chi connectivity index (χ1) is 17.9. The highest BCUT2D eigenvalue weighted by molar-refractivity contribution is 7.92. The summed E-state index contributed by atoms with van der Waals surface area (Å²) in [6.45, 7) is 6.63. The Balaban J connectivity index is 2.03. The number of sulfonamides is 1. The molecule has 1 atom stereocenters. The van der Waals surface area contributed by atoms with Gasteiger partial charge in [0.1, 0.15) is 12.6 Å². The van der Waals surface area contributed by atoms with E-state index in [0.29, 0.717) is 21.3 Å². The lowest BCUT2D eigenvalue weighted by Crippen LogP contribution is -2.52. The van der Waals surface area contributed by atoms with Crippen LogP contribution in [0.25, 0.3) is 0 Å². The molecule has 0 saturated carbocycles. The second-order valence-corrected chi connectivity index (χ2v) is 12.0. The second kappa shape index (κ2) is 12.7. The Morgan fingerprint density at radius 1 is 0.895 bits per heavy atom. The van der Waals surface area contributed by atoms with Gasteiger partial charge in [0.25, 0.3) is 10.0 Å². The third kappa shape index (κ3) is 7.28. The van der Waals surface area contributed by atoms with Crippen LogP contribution in [0.15, 0.2) is 77.7 Å².